The Morgan fingerprint density at radius 1 is 0.865 bits per heavy atom. The Labute approximate surface area is 218 Å². The minimum Gasteiger partial charge on any atom is -0.457 e. The minimum atomic E-state index is -0.283. The summed E-state index contributed by atoms with van der Waals surface area (Å²) in [6.07, 6.45) is 3.05. The SMILES string of the molecule is Cc1ccc(-c2ccc(C=CC(=O)Nc3ccc4oc(-c5ccc6ccccc6c5)nc4c3)o2)cc1Cl. The molecule has 5 nitrogen and oxygen atoms in total. The number of halogens is 1. The van der Waals surface area contributed by atoms with E-state index in [1.54, 1.807) is 24.3 Å². The maximum atomic E-state index is 12.5. The number of anilines is 1. The van der Waals surface area contributed by atoms with Gasteiger partial charge in [0.05, 0.1) is 0 Å². The van der Waals surface area contributed by atoms with Gasteiger partial charge < -0.3 is 14.2 Å². The van der Waals surface area contributed by atoms with Gasteiger partial charge in [-0.05, 0) is 77.9 Å². The number of fused-ring (bicyclic) bond motifs is 2. The summed E-state index contributed by atoms with van der Waals surface area (Å²) in [4.78, 5) is 17.2. The number of nitrogens with one attached hydrogen (secondary N) is 1. The van der Waals surface area contributed by atoms with E-state index in [1.165, 1.54) is 6.08 Å². The van der Waals surface area contributed by atoms with Crippen molar-refractivity contribution < 1.29 is 13.6 Å². The van der Waals surface area contributed by atoms with E-state index in [0.717, 1.165) is 27.5 Å². The Bertz CT molecular complexity index is 1810. The predicted molar refractivity (Wildman–Crippen MR) is 149 cm³/mol. The van der Waals surface area contributed by atoms with Crippen LogP contribution in [0, 0.1) is 6.92 Å². The lowest BCUT2D eigenvalue weighted by Gasteiger charge is -2.01. The molecule has 6 rings (SSSR count). The van der Waals surface area contributed by atoms with Crippen molar-refractivity contribution in [1.82, 2.24) is 4.98 Å². The molecule has 0 saturated heterocycles. The molecular formula is C31H21ClN2O3. The van der Waals surface area contributed by atoms with Gasteiger partial charge in [-0.2, -0.15) is 0 Å². The Kier molecular flexibility index (Phi) is 5.83. The monoisotopic (exact) mass is 504 g/mol. The zero-order chi connectivity index (χ0) is 25.4. The highest BCUT2D eigenvalue weighted by Gasteiger charge is 2.11. The number of hydrogen-bond acceptors (Lipinski definition) is 4. The molecule has 2 aromatic heterocycles. The zero-order valence-electron chi connectivity index (χ0n) is 19.9. The number of benzene rings is 4. The lowest BCUT2D eigenvalue weighted by molar-refractivity contribution is -0.111. The summed E-state index contributed by atoms with van der Waals surface area (Å²) in [5.74, 6) is 1.50. The fourth-order valence-electron chi connectivity index (χ4n) is 4.14. The van der Waals surface area contributed by atoms with Crippen molar-refractivity contribution in [3.05, 3.63) is 113 Å². The average molecular weight is 505 g/mol. The first-order valence-corrected chi connectivity index (χ1v) is 12.1. The zero-order valence-corrected chi connectivity index (χ0v) is 20.6. The molecule has 0 spiro atoms. The first-order chi connectivity index (χ1) is 18.0. The maximum Gasteiger partial charge on any atom is 0.248 e. The molecule has 0 bridgehead atoms. The fourth-order valence-corrected chi connectivity index (χ4v) is 4.32. The lowest BCUT2D eigenvalue weighted by Crippen LogP contribution is -2.07. The van der Waals surface area contributed by atoms with Gasteiger partial charge in [-0.1, -0.05) is 54.1 Å². The number of carbonyl (C=O) groups excluding carboxylic acids is 1. The number of aromatic nitrogens is 1. The largest absolute Gasteiger partial charge is 0.457 e. The minimum absolute atomic E-state index is 0.283. The van der Waals surface area contributed by atoms with E-state index >= 15 is 0 Å². The van der Waals surface area contributed by atoms with E-state index in [0.29, 0.717) is 39.2 Å². The van der Waals surface area contributed by atoms with Crippen LogP contribution in [0.15, 0.2) is 106 Å². The maximum absolute atomic E-state index is 12.5. The second kappa shape index (κ2) is 9.45. The van der Waals surface area contributed by atoms with Gasteiger partial charge in [0.25, 0.3) is 0 Å². The number of rotatable bonds is 5. The molecule has 4 aromatic carbocycles. The van der Waals surface area contributed by atoms with E-state index in [-0.39, 0.29) is 5.91 Å². The van der Waals surface area contributed by atoms with Gasteiger partial charge in [0.2, 0.25) is 11.8 Å². The van der Waals surface area contributed by atoms with E-state index in [1.807, 2.05) is 55.5 Å². The number of aryl methyl sites for hydroxylation is 1. The molecule has 1 amide bonds. The molecule has 0 atom stereocenters. The third-order valence-corrected chi connectivity index (χ3v) is 6.54. The molecule has 37 heavy (non-hydrogen) atoms. The highest BCUT2D eigenvalue weighted by Crippen LogP contribution is 2.29. The van der Waals surface area contributed by atoms with Crippen LogP contribution in [0.1, 0.15) is 11.3 Å². The van der Waals surface area contributed by atoms with Gasteiger partial charge in [-0.15, -0.1) is 0 Å². The molecule has 0 aliphatic carbocycles. The van der Waals surface area contributed by atoms with Gasteiger partial charge in [0, 0.05) is 27.9 Å². The summed E-state index contributed by atoms with van der Waals surface area (Å²) in [7, 11) is 0. The normalized spacial score (nSPS) is 11.5. The first-order valence-electron chi connectivity index (χ1n) is 11.8. The van der Waals surface area contributed by atoms with Gasteiger partial charge in [-0.25, -0.2) is 4.98 Å². The molecule has 0 aliphatic heterocycles. The van der Waals surface area contributed by atoms with Crippen molar-refractivity contribution in [2.45, 2.75) is 6.92 Å². The molecule has 1 N–H and O–H groups in total. The number of hydrogen-bond donors (Lipinski definition) is 1. The second-order valence-corrected chi connectivity index (χ2v) is 9.16. The van der Waals surface area contributed by atoms with Crippen LogP contribution in [0.2, 0.25) is 5.02 Å². The number of oxazole rings is 1. The molecule has 0 aliphatic rings. The molecule has 6 aromatic rings. The van der Waals surface area contributed by atoms with Crippen molar-refractivity contribution in [1.29, 1.82) is 0 Å². The van der Waals surface area contributed by atoms with Crippen LogP contribution in [0.4, 0.5) is 5.69 Å². The Morgan fingerprint density at radius 2 is 1.70 bits per heavy atom. The van der Waals surface area contributed by atoms with Crippen LogP contribution in [0.3, 0.4) is 0 Å². The second-order valence-electron chi connectivity index (χ2n) is 8.75. The molecule has 0 saturated carbocycles. The van der Waals surface area contributed by atoms with Gasteiger partial charge in [-0.3, -0.25) is 4.79 Å². The number of furan rings is 1. The lowest BCUT2D eigenvalue weighted by atomic mass is 10.1. The van der Waals surface area contributed by atoms with E-state index < -0.39 is 0 Å². The van der Waals surface area contributed by atoms with Gasteiger partial charge >= 0.3 is 0 Å². The first kappa shape index (κ1) is 22.8. The fraction of sp³-hybridized carbons (Fsp3) is 0.0323. The predicted octanol–water partition coefficient (Wildman–Crippen LogP) is 8.52. The Balaban J connectivity index is 1.16. The quantitative estimate of drug-likeness (QED) is 0.239. The highest BCUT2D eigenvalue weighted by atomic mass is 35.5. The van der Waals surface area contributed by atoms with Crippen molar-refractivity contribution in [3.63, 3.8) is 0 Å². The molecule has 6 heteroatoms. The molecule has 0 unspecified atom stereocenters. The van der Waals surface area contributed by atoms with Gasteiger partial charge in [0.1, 0.15) is 17.0 Å². The Hall–Kier alpha value is -4.61. The topological polar surface area (TPSA) is 68.3 Å². The summed E-state index contributed by atoms with van der Waals surface area (Å²) in [6, 6.07) is 29.1. The van der Waals surface area contributed by atoms with E-state index in [9.17, 15) is 4.79 Å². The van der Waals surface area contributed by atoms with Crippen LogP contribution < -0.4 is 5.32 Å². The Morgan fingerprint density at radius 3 is 2.57 bits per heavy atom. The summed E-state index contributed by atoms with van der Waals surface area (Å²) >= 11 is 6.22. The summed E-state index contributed by atoms with van der Waals surface area (Å²) in [6.45, 7) is 1.95. The van der Waals surface area contributed by atoms with Crippen LogP contribution in [0.5, 0.6) is 0 Å². The van der Waals surface area contributed by atoms with Crippen LogP contribution in [-0.2, 0) is 4.79 Å². The van der Waals surface area contributed by atoms with Crippen molar-refractivity contribution in [3.8, 4) is 22.8 Å². The number of nitrogens with zero attached hydrogens (tertiary/aromatic N) is 1. The molecule has 180 valence electrons. The molecule has 0 fully saturated rings. The van der Waals surface area contributed by atoms with E-state index in [2.05, 4.69) is 34.6 Å². The highest BCUT2D eigenvalue weighted by molar-refractivity contribution is 6.31. The van der Waals surface area contributed by atoms with Crippen LogP contribution in [0.25, 0.3) is 50.7 Å². The smallest absolute Gasteiger partial charge is 0.248 e. The van der Waals surface area contributed by atoms with Crippen LogP contribution in [-0.4, -0.2) is 10.9 Å². The standard InChI is InChI=1S/C31H21ClN2O3/c1-19-6-7-22(17-26(19)32)28-14-11-25(36-28)12-15-30(35)33-24-10-13-29-27(18-24)34-31(37-29)23-9-8-20-4-2-3-5-21(20)16-23/h2-18H,1H3,(H,33,35). The van der Waals surface area contributed by atoms with E-state index in [4.69, 9.17) is 20.4 Å². The molecule has 2 heterocycles. The van der Waals surface area contributed by atoms with Crippen molar-refractivity contribution >= 4 is 51.1 Å². The summed E-state index contributed by atoms with van der Waals surface area (Å²) in [5.41, 5.74) is 4.71. The molecule has 0 radical (unpaired) electrons. The number of carbonyl (C=O) groups is 1. The van der Waals surface area contributed by atoms with Crippen molar-refractivity contribution in [2.24, 2.45) is 0 Å². The summed E-state index contributed by atoms with van der Waals surface area (Å²) in [5, 5.41) is 5.82. The van der Waals surface area contributed by atoms with Crippen LogP contribution >= 0.6 is 11.6 Å². The van der Waals surface area contributed by atoms with Crippen molar-refractivity contribution in [2.75, 3.05) is 5.32 Å². The average Bonchev–Trinajstić information content (AvgIpc) is 3.56. The third-order valence-electron chi connectivity index (χ3n) is 6.13. The number of amides is 1. The summed E-state index contributed by atoms with van der Waals surface area (Å²) < 4.78 is 11.8. The molecular weight excluding hydrogens is 484 g/mol. The third kappa shape index (κ3) is 4.77. The van der Waals surface area contributed by atoms with Gasteiger partial charge in [0.15, 0.2) is 5.58 Å².